The Morgan fingerprint density at radius 1 is 1.29 bits per heavy atom. The molecule has 74 valence electrons. The molecule has 0 fully saturated rings. The normalized spacial score (nSPS) is 10.3. The van der Waals surface area contributed by atoms with E-state index in [1.54, 1.807) is 12.1 Å². The molecule has 0 aromatic heterocycles. The van der Waals surface area contributed by atoms with Crippen molar-refractivity contribution < 1.29 is 17.9 Å². The summed E-state index contributed by atoms with van der Waals surface area (Å²) in [6, 6.07) is 6.15. The molecule has 0 aliphatic heterocycles. The van der Waals surface area contributed by atoms with Crippen LogP contribution >= 0.6 is 0 Å². The average molecular weight is 200 g/mol. The molecule has 0 unspecified atom stereocenters. The lowest BCUT2D eigenvalue weighted by Gasteiger charge is -1.98. The third-order valence-electron chi connectivity index (χ3n) is 1.42. The van der Waals surface area contributed by atoms with Crippen molar-refractivity contribution in [3.8, 4) is 17.6 Å². The first kappa shape index (κ1) is 10.5. The van der Waals surface area contributed by atoms with Crippen LogP contribution in [0.4, 0.5) is 13.2 Å². The average Bonchev–Trinajstić information content (AvgIpc) is 2.14. The molecule has 0 aliphatic rings. The zero-order valence-corrected chi connectivity index (χ0v) is 7.35. The highest BCUT2D eigenvalue weighted by atomic mass is 19.4. The summed E-state index contributed by atoms with van der Waals surface area (Å²) in [5.74, 6) is 3.67. The van der Waals surface area contributed by atoms with E-state index < -0.39 is 6.18 Å². The van der Waals surface area contributed by atoms with E-state index in [2.05, 4.69) is 0 Å². The van der Waals surface area contributed by atoms with Crippen LogP contribution in [0.3, 0.4) is 0 Å². The van der Waals surface area contributed by atoms with Crippen molar-refractivity contribution in [1.82, 2.24) is 0 Å². The maximum atomic E-state index is 11.7. The number of hydrogen-bond acceptors (Lipinski definition) is 1. The van der Waals surface area contributed by atoms with Crippen molar-refractivity contribution in [3.05, 3.63) is 29.8 Å². The minimum absolute atomic E-state index is 0.279. The van der Waals surface area contributed by atoms with Crippen LogP contribution in [0, 0.1) is 11.8 Å². The van der Waals surface area contributed by atoms with Crippen LogP contribution in [0.1, 0.15) is 5.56 Å². The van der Waals surface area contributed by atoms with E-state index in [1.165, 1.54) is 25.2 Å². The number of methoxy groups -OCH3 is 1. The Balaban J connectivity index is 2.90. The smallest absolute Gasteiger partial charge is 0.458 e. The molecule has 1 nitrogen and oxygen atoms in total. The predicted molar refractivity (Wildman–Crippen MR) is 45.9 cm³/mol. The van der Waals surface area contributed by atoms with Crippen molar-refractivity contribution in [2.45, 2.75) is 6.18 Å². The Bertz CT molecular complexity index is 371. The summed E-state index contributed by atoms with van der Waals surface area (Å²) in [5.41, 5.74) is 0.279. The van der Waals surface area contributed by atoms with Crippen LogP contribution in [-0.4, -0.2) is 13.3 Å². The molecular weight excluding hydrogens is 193 g/mol. The molecule has 0 atom stereocenters. The lowest BCUT2D eigenvalue weighted by Crippen LogP contribution is -2.01. The molecule has 0 heterocycles. The van der Waals surface area contributed by atoms with Gasteiger partial charge in [-0.1, -0.05) is 12.0 Å². The SMILES string of the molecule is COc1cccc(C#CC(F)(F)F)c1. The highest BCUT2D eigenvalue weighted by Gasteiger charge is 2.22. The molecular formula is C10H7F3O. The zero-order valence-electron chi connectivity index (χ0n) is 7.35. The molecule has 0 spiro atoms. The highest BCUT2D eigenvalue weighted by molar-refractivity contribution is 5.40. The van der Waals surface area contributed by atoms with Crippen molar-refractivity contribution in [2.75, 3.05) is 7.11 Å². The quantitative estimate of drug-likeness (QED) is 0.633. The Labute approximate surface area is 79.5 Å². The van der Waals surface area contributed by atoms with Crippen molar-refractivity contribution in [1.29, 1.82) is 0 Å². The molecule has 0 saturated heterocycles. The van der Waals surface area contributed by atoms with Crippen LogP contribution in [0.5, 0.6) is 5.75 Å². The van der Waals surface area contributed by atoms with E-state index >= 15 is 0 Å². The van der Waals surface area contributed by atoms with Gasteiger partial charge >= 0.3 is 6.18 Å². The first-order valence-corrected chi connectivity index (χ1v) is 3.75. The largest absolute Gasteiger partial charge is 0.497 e. The molecule has 0 radical (unpaired) electrons. The number of hydrogen-bond donors (Lipinski definition) is 0. The van der Waals surface area contributed by atoms with Crippen LogP contribution in [0.25, 0.3) is 0 Å². The standard InChI is InChI=1S/C10H7F3O/c1-14-9-4-2-3-8(7-9)5-6-10(11,12)13/h2-4,7H,1H3. The number of rotatable bonds is 1. The second-order valence-electron chi connectivity index (χ2n) is 2.48. The molecule has 0 N–H and O–H groups in total. The summed E-state index contributed by atoms with van der Waals surface area (Å²) < 4.78 is 40.0. The van der Waals surface area contributed by atoms with Crippen LogP contribution in [0.2, 0.25) is 0 Å². The van der Waals surface area contributed by atoms with Gasteiger partial charge in [0.25, 0.3) is 0 Å². The molecule has 1 rings (SSSR count). The topological polar surface area (TPSA) is 9.23 Å². The van der Waals surface area contributed by atoms with Gasteiger partial charge in [-0.05, 0) is 18.2 Å². The third kappa shape index (κ3) is 3.40. The highest BCUT2D eigenvalue weighted by Crippen LogP contribution is 2.14. The van der Waals surface area contributed by atoms with Gasteiger partial charge in [0.1, 0.15) is 5.75 Å². The number of alkyl halides is 3. The van der Waals surface area contributed by atoms with Gasteiger partial charge in [0, 0.05) is 11.5 Å². The first-order valence-electron chi connectivity index (χ1n) is 3.75. The fraction of sp³-hybridized carbons (Fsp3) is 0.200. The summed E-state index contributed by atoms with van der Waals surface area (Å²) in [4.78, 5) is 0. The first-order chi connectivity index (χ1) is 6.51. The molecule has 4 heteroatoms. The van der Waals surface area contributed by atoms with E-state index in [0.29, 0.717) is 5.75 Å². The number of halogens is 3. The number of ether oxygens (including phenoxy) is 1. The lowest BCUT2D eigenvalue weighted by molar-refractivity contribution is -0.0696. The monoisotopic (exact) mass is 200 g/mol. The Hall–Kier alpha value is -1.63. The van der Waals surface area contributed by atoms with E-state index in [0.717, 1.165) is 0 Å². The predicted octanol–water partition coefficient (Wildman–Crippen LogP) is 2.61. The van der Waals surface area contributed by atoms with Crippen molar-refractivity contribution >= 4 is 0 Å². The summed E-state index contributed by atoms with van der Waals surface area (Å²) in [5, 5.41) is 0. The molecule has 0 bridgehead atoms. The Morgan fingerprint density at radius 3 is 2.57 bits per heavy atom. The van der Waals surface area contributed by atoms with Gasteiger partial charge in [-0.25, -0.2) is 0 Å². The van der Waals surface area contributed by atoms with Gasteiger partial charge < -0.3 is 4.74 Å². The van der Waals surface area contributed by atoms with Crippen molar-refractivity contribution in [2.24, 2.45) is 0 Å². The molecule has 1 aromatic rings. The second-order valence-corrected chi connectivity index (χ2v) is 2.48. The van der Waals surface area contributed by atoms with Gasteiger partial charge in [-0.15, -0.1) is 0 Å². The van der Waals surface area contributed by atoms with Gasteiger partial charge in [0.2, 0.25) is 0 Å². The fourth-order valence-electron chi connectivity index (χ4n) is 0.844. The van der Waals surface area contributed by atoms with Gasteiger partial charge in [0.15, 0.2) is 0 Å². The van der Waals surface area contributed by atoms with Crippen molar-refractivity contribution in [3.63, 3.8) is 0 Å². The van der Waals surface area contributed by atoms with Gasteiger partial charge in [-0.3, -0.25) is 0 Å². The van der Waals surface area contributed by atoms with E-state index in [-0.39, 0.29) is 5.56 Å². The number of benzene rings is 1. The molecule has 0 amide bonds. The van der Waals surface area contributed by atoms with E-state index in [1.807, 2.05) is 5.92 Å². The second kappa shape index (κ2) is 4.05. The maximum Gasteiger partial charge on any atom is 0.458 e. The summed E-state index contributed by atoms with van der Waals surface area (Å²) in [7, 11) is 1.44. The van der Waals surface area contributed by atoms with Gasteiger partial charge in [-0.2, -0.15) is 13.2 Å². The van der Waals surface area contributed by atoms with Crippen LogP contribution in [-0.2, 0) is 0 Å². The maximum absolute atomic E-state index is 11.7. The zero-order chi connectivity index (χ0) is 10.6. The third-order valence-corrected chi connectivity index (χ3v) is 1.42. The summed E-state index contributed by atoms with van der Waals surface area (Å²) in [6.45, 7) is 0. The summed E-state index contributed by atoms with van der Waals surface area (Å²) >= 11 is 0. The van der Waals surface area contributed by atoms with Gasteiger partial charge in [0.05, 0.1) is 7.11 Å². The fourth-order valence-corrected chi connectivity index (χ4v) is 0.844. The van der Waals surface area contributed by atoms with E-state index in [9.17, 15) is 13.2 Å². The molecule has 14 heavy (non-hydrogen) atoms. The lowest BCUT2D eigenvalue weighted by atomic mass is 10.2. The summed E-state index contributed by atoms with van der Waals surface area (Å²) in [6.07, 6.45) is -4.46. The Kier molecular flexibility index (Phi) is 3.03. The van der Waals surface area contributed by atoms with Crippen LogP contribution in [0.15, 0.2) is 24.3 Å². The molecule has 0 saturated carbocycles. The Morgan fingerprint density at radius 2 is 2.00 bits per heavy atom. The van der Waals surface area contributed by atoms with E-state index in [4.69, 9.17) is 4.74 Å². The minimum Gasteiger partial charge on any atom is -0.497 e. The minimum atomic E-state index is -4.46. The molecule has 1 aromatic carbocycles. The van der Waals surface area contributed by atoms with Crippen LogP contribution < -0.4 is 4.74 Å². The molecule has 0 aliphatic carbocycles.